The summed E-state index contributed by atoms with van der Waals surface area (Å²) in [6.07, 6.45) is 5.15. The highest BCUT2D eigenvalue weighted by Crippen LogP contribution is 2.43. The number of hydrogen-bond donors (Lipinski definition) is 1. The molecule has 1 N–H and O–H groups in total. The third-order valence-corrected chi connectivity index (χ3v) is 6.87. The van der Waals surface area contributed by atoms with E-state index < -0.39 is 5.82 Å². The van der Waals surface area contributed by atoms with E-state index in [0.29, 0.717) is 29.1 Å². The highest BCUT2D eigenvalue weighted by atomic mass is 19.1. The van der Waals surface area contributed by atoms with E-state index in [1.54, 1.807) is 31.2 Å². The first-order valence-corrected chi connectivity index (χ1v) is 10.8. The summed E-state index contributed by atoms with van der Waals surface area (Å²) in [6.45, 7) is 3.82. The van der Waals surface area contributed by atoms with Crippen LogP contribution in [0.4, 0.5) is 4.39 Å². The minimum atomic E-state index is -0.625. The van der Waals surface area contributed by atoms with Gasteiger partial charge < -0.3 is 10.0 Å². The topological polar surface area (TPSA) is 98.3 Å². The summed E-state index contributed by atoms with van der Waals surface area (Å²) in [5, 5.41) is 23.9. The number of rotatable bonds is 3. The lowest BCUT2D eigenvalue weighted by Gasteiger charge is -2.40. The van der Waals surface area contributed by atoms with Crippen molar-refractivity contribution >= 4 is 5.91 Å². The molecule has 1 saturated carbocycles. The zero-order valence-corrected chi connectivity index (χ0v) is 18.4. The highest BCUT2D eigenvalue weighted by Gasteiger charge is 2.50. The van der Waals surface area contributed by atoms with E-state index >= 15 is 0 Å². The van der Waals surface area contributed by atoms with Crippen LogP contribution in [0.1, 0.15) is 34.3 Å². The quantitative estimate of drug-likeness (QED) is 0.664. The minimum Gasteiger partial charge on any atom is -0.493 e. The van der Waals surface area contributed by atoms with Crippen LogP contribution < -0.4 is 0 Å². The van der Waals surface area contributed by atoms with Crippen LogP contribution in [0.25, 0.3) is 16.9 Å². The van der Waals surface area contributed by atoms with Gasteiger partial charge in [0.05, 0.1) is 22.9 Å². The molecule has 2 fully saturated rings. The van der Waals surface area contributed by atoms with Crippen molar-refractivity contribution in [1.29, 1.82) is 5.26 Å². The van der Waals surface area contributed by atoms with Gasteiger partial charge >= 0.3 is 0 Å². The molecule has 0 bridgehead atoms. The van der Waals surface area contributed by atoms with Gasteiger partial charge in [-0.05, 0) is 56.1 Å². The number of nitriles is 1. The predicted octanol–water partition coefficient (Wildman–Crippen LogP) is 2.88. The van der Waals surface area contributed by atoms with E-state index in [1.165, 1.54) is 23.1 Å². The number of amides is 1. The lowest BCUT2D eigenvalue weighted by Crippen LogP contribution is -2.54. The van der Waals surface area contributed by atoms with Crippen LogP contribution in [0.2, 0.25) is 0 Å². The number of nitrogens with zero attached hydrogens (tertiary/aromatic N) is 6. The molecule has 3 aromatic rings. The van der Waals surface area contributed by atoms with Gasteiger partial charge in [0.25, 0.3) is 5.91 Å². The molecule has 0 radical (unpaired) electrons. The molecule has 9 heteroatoms. The molecule has 0 atom stereocenters. The second-order valence-electron chi connectivity index (χ2n) is 8.78. The van der Waals surface area contributed by atoms with Gasteiger partial charge in [-0.3, -0.25) is 9.69 Å². The van der Waals surface area contributed by atoms with Gasteiger partial charge in [0.2, 0.25) is 5.88 Å². The zero-order valence-electron chi connectivity index (χ0n) is 18.4. The summed E-state index contributed by atoms with van der Waals surface area (Å²) in [7, 11) is 2.11. The van der Waals surface area contributed by atoms with Crippen LogP contribution in [0.3, 0.4) is 0 Å². The number of halogens is 1. The molecule has 2 aromatic heterocycles. The molecule has 1 spiro atoms. The summed E-state index contributed by atoms with van der Waals surface area (Å²) in [5.41, 5.74) is 1.57. The fourth-order valence-corrected chi connectivity index (χ4v) is 4.50. The molecule has 3 heterocycles. The first-order valence-electron chi connectivity index (χ1n) is 10.8. The Morgan fingerprint density at radius 1 is 1.18 bits per heavy atom. The number of aromatic nitrogens is 3. The van der Waals surface area contributed by atoms with Crippen molar-refractivity contribution in [3.63, 3.8) is 0 Å². The van der Waals surface area contributed by atoms with E-state index in [-0.39, 0.29) is 28.5 Å². The Kier molecular flexibility index (Phi) is 4.91. The number of carbonyl (C=O) groups is 1. The Hall–Kier alpha value is -3.77. The predicted molar refractivity (Wildman–Crippen MR) is 118 cm³/mol. The summed E-state index contributed by atoms with van der Waals surface area (Å²) in [6, 6.07) is 8.06. The van der Waals surface area contributed by atoms with Crippen LogP contribution in [0.5, 0.6) is 5.88 Å². The normalized spacial score (nSPS) is 17.2. The first-order chi connectivity index (χ1) is 15.8. The van der Waals surface area contributed by atoms with Crippen LogP contribution in [-0.4, -0.2) is 67.8 Å². The largest absolute Gasteiger partial charge is 0.493 e. The lowest BCUT2D eigenvalue weighted by molar-refractivity contribution is 0.0497. The molecule has 2 aliphatic rings. The molecular weight excluding hydrogens is 423 g/mol. The summed E-state index contributed by atoms with van der Waals surface area (Å²) >= 11 is 0. The molecule has 8 nitrogen and oxygen atoms in total. The first kappa shape index (κ1) is 21.1. The van der Waals surface area contributed by atoms with Gasteiger partial charge in [-0.25, -0.2) is 9.37 Å². The number of aromatic hydroxyl groups is 1. The Bertz CT molecular complexity index is 1290. The van der Waals surface area contributed by atoms with Gasteiger partial charge in [0.1, 0.15) is 11.9 Å². The number of hydrogen-bond acceptors (Lipinski definition) is 6. The SMILES string of the molecule is Cc1c(-c2cnn(-c3ccc(C(=O)N4CCN(C)C5(CC5)C4)cn3)c2O)ccc(C#N)c1F. The van der Waals surface area contributed by atoms with E-state index in [1.807, 2.05) is 4.90 Å². The maximum Gasteiger partial charge on any atom is 0.255 e. The Morgan fingerprint density at radius 3 is 2.64 bits per heavy atom. The number of carbonyl (C=O) groups excluding carboxylic acids is 1. The van der Waals surface area contributed by atoms with Crippen LogP contribution in [0.15, 0.2) is 36.7 Å². The second kappa shape index (κ2) is 7.67. The Balaban J connectivity index is 1.39. The van der Waals surface area contributed by atoms with Crippen molar-refractivity contribution in [1.82, 2.24) is 24.6 Å². The Morgan fingerprint density at radius 2 is 1.97 bits per heavy atom. The Labute approximate surface area is 190 Å². The third kappa shape index (κ3) is 3.43. The minimum absolute atomic E-state index is 0.0533. The maximum absolute atomic E-state index is 14.4. The molecule has 1 aliphatic heterocycles. The van der Waals surface area contributed by atoms with Crippen molar-refractivity contribution in [3.8, 4) is 28.9 Å². The highest BCUT2D eigenvalue weighted by molar-refractivity contribution is 5.94. The molecule has 1 aromatic carbocycles. The number of likely N-dealkylation sites (N-methyl/N-ethyl adjacent to an activating group) is 1. The van der Waals surface area contributed by atoms with Crippen molar-refractivity contribution in [2.75, 3.05) is 26.7 Å². The van der Waals surface area contributed by atoms with E-state index in [2.05, 4.69) is 22.0 Å². The van der Waals surface area contributed by atoms with Crippen LogP contribution in [-0.2, 0) is 0 Å². The van der Waals surface area contributed by atoms with Gasteiger partial charge in [-0.15, -0.1) is 0 Å². The molecule has 168 valence electrons. The van der Waals surface area contributed by atoms with Gasteiger partial charge in [-0.1, -0.05) is 6.07 Å². The van der Waals surface area contributed by atoms with E-state index in [9.17, 15) is 14.3 Å². The molecule has 0 unspecified atom stereocenters. The number of pyridine rings is 1. The molecular formula is C24H23FN6O2. The maximum atomic E-state index is 14.4. The smallest absolute Gasteiger partial charge is 0.255 e. The number of benzene rings is 1. The van der Waals surface area contributed by atoms with Crippen molar-refractivity contribution < 1.29 is 14.3 Å². The molecule has 5 rings (SSSR count). The number of piperazine rings is 1. The summed E-state index contributed by atoms with van der Waals surface area (Å²) in [4.78, 5) is 21.5. The van der Waals surface area contributed by atoms with E-state index in [4.69, 9.17) is 5.26 Å². The van der Waals surface area contributed by atoms with Gasteiger partial charge in [0.15, 0.2) is 5.82 Å². The fraction of sp³-hybridized carbons (Fsp3) is 0.333. The fourth-order valence-electron chi connectivity index (χ4n) is 4.50. The summed E-state index contributed by atoms with van der Waals surface area (Å²) < 4.78 is 15.6. The zero-order chi connectivity index (χ0) is 23.3. The average Bonchev–Trinajstić information content (AvgIpc) is 3.50. The second-order valence-corrected chi connectivity index (χ2v) is 8.78. The van der Waals surface area contributed by atoms with Crippen molar-refractivity contribution in [3.05, 3.63) is 59.2 Å². The van der Waals surface area contributed by atoms with Gasteiger partial charge in [0, 0.05) is 31.4 Å². The summed E-state index contributed by atoms with van der Waals surface area (Å²) in [5.74, 6) is -0.551. The van der Waals surface area contributed by atoms with E-state index in [0.717, 1.165) is 25.9 Å². The van der Waals surface area contributed by atoms with Crippen LogP contribution in [0, 0.1) is 24.1 Å². The van der Waals surface area contributed by atoms with Gasteiger partial charge in [-0.2, -0.15) is 15.0 Å². The average molecular weight is 446 g/mol. The van der Waals surface area contributed by atoms with Crippen LogP contribution >= 0.6 is 0 Å². The monoisotopic (exact) mass is 446 g/mol. The molecule has 1 amide bonds. The molecule has 1 aliphatic carbocycles. The molecule has 1 saturated heterocycles. The standard InChI is InChI=1S/C24H23FN6O2/c1-15-18(5-3-16(11-26)21(15)25)19-13-28-31(23(19)33)20-6-4-17(12-27-20)22(32)30-10-9-29(2)24(14-30)7-8-24/h3-6,12-13,33H,7-10,14H2,1-2H3. The lowest BCUT2D eigenvalue weighted by atomic mass is 10.00. The van der Waals surface area contributed by atoms with Crippen molar-refractivity contribution in [2.24, 2.45) is 0 Å². The molecule has 33 heavy (non-hydrogen) atoms. The third-order valence-electron chi connectivity index (χ3n) is 6.87. The van der Waals surface area contributed by atoms with Crippen molar-refractivity contribution in [2.45, 2.75) is 25.3 Å².